The number of aliphatic hydroxyl groups is 2. The second kappa shape index (κ2) is 7.03. The molecule has 0 saturated heterocycles. The molecule has 2 unspecified atom stereocenters. The molecule has 3 heteroatoms. The van der Waals surface area contributed by atoms with Gasteiger partial charge in [-0.1, -0.05) is 12.2 Å². The third-order valence-corrected chi connectivity index (χ3v) is 1.49. The molecule has 0 aromatic heterocycles. The summed E-state index contributed by atoms with van der Waals surface area (Å²) in [5.74, 6) is -0.289. The predicted octanol–water partition coefficient (Wildman–Crippen LogP) is 0.692. The number of aliphatic hydroxyl groups excluding tert-OH is 2. The number of hydrogen-bond donors (Lipinski definition) is 2. The highest BCUT2D eigenvalue weighted by Gasteiger charge is 2.16. The van der Waals surface area contributed by atoms with Gasteiger partial charge in [-0.05, 0) is 6.42 Å². The van der Waals surface area contributed by atoms with E-state index in [1.807, 2.05) is 0 Å². The number of rotatable bonds is 7. The Hall–Kier alpha value is -0.640. The van der Waals surface area contributed by atoms with Crippen LogP contribution >= 0.6 is 0 Å². The molecule has 0 amide bonds. The third kappa shape index (κ3) is 4.28. The van der Waals surface area contributed by atoms with Gasteiger partial charge in [-0.15, -0.1) is 13.2 Å². The molecule has 2 N–H and O–H groups in total. The zero-order valence-corrected chi connectivity index (χ0v) is 7.15. The Morgan fingerprint density at radius 1 is 1.33 bits per heavy atom. The van der Waals surface area contributed by atoms with Crippen molar-refractivity contribution in [3.05, 3.63) is 25.3 Å². The van der Waals surface area contributed by atoms with Crippen LogP contribution in [0.25, 0.3) is 0 Å². The third-order valence-electron chi connectivity index (χ3n) is 1.49. The van der Waals surface area contributed by atoms with Crippen LogP contribution in [0.4, 0.5) is 0 Å². The average molecular weight is 172 g/mol. The summed E-state index contributed by atoms with van der Waals surface area (Å²) >= 11 is 0. The molecule has 0 fully saturated rings. The maximum atomic E-state index is 9.29. The second-order valence-corrected chi connectivity index (χ2v) is 2.48. The molecule has 70 valence electrons. The lowest BCUT2D eigenvalue weighted by Gasteiger charge is -2.18. The summed E-state index contributed by atoms with van der Waals surface area (Å²) in [5.41, 5.74) is 0. The van der Waals surface area contributed by atoms with Gasteiger partial charge in [0.1, 0.15) is 0 Å². The molecule has 0 aromatic rings. The second-order valence-electron chi connectivity index (χ2n) is 2.48. The van der Waals surface area contributed by atoms with Crippen molar-refractivity contribution >= 4 is 0 Å². The molecule has 3 nitrogen and oxygen atoms in total. The lowest BCUT2D eigenvalue weighted by Crippen LogP contribution is -2.26. The van der Waals surface area contributed by atoms with Crippen molar-refractivity contribution in [1.29, 1.82) is 0 Å². The summed E-state index contributed by atoms with van der Waals surface area (Å²) in [5, 5.41) is 18.1. The first-order valence-corrected chi connectivity index (χ1v) is 3.88. The van der Waals surface area contributed by atoms with Gasteiger partial charge < -0.3 is 14.9 Å². The van der Waals surface area contributed by atoms with Gasteiger partial charge in [0.25, 0.3) is 0 Å². The van der Waals surface area contributed by atoms with Gasteiger partial charge in [0.2, 0.25) is 0 Å². The minimum absolute atomic E-state index is 0.107. The monoisotopic (exact) mass is 172 g/mol. The van der Waals surface area contributed by atoms with E-state index in [-0.39, 0.29) is 19.1 Å². The van der Waals surface area contributed by atoms with Crippen molar-refractivity contribution in [3.8, 4) is 0 Å². The normalized spacial score (nSPS) is 15.2. The number of allylic oxidation sites excluding steroid dienone is 1. The Morgan fingerprint density at radius 3 is 2.42 bits per heavy atom. The molecule has 0 aliphatic rings. The van der Waals surface area contributed by atoms with Crippen LogP contribution < -0.4 is 0 Å². The standard InChI is InChI=1S/C9H16O3/c1-3-5-8(7-10)9(11)12-6-4-2/h3-4,8-11H,1-2,5-7H2. The molecule has 0 radical (unpaired) electrons. The first-order chi connectivity index (χ1) is 5.76. The van der Waals surface area contributed by atoms with E-state index in [2.05, 4.69) is 13.2 Å². The van der Waals surface area contributed by atoms with Crippen molar-refractivity contribution in [3.63, 3.8) is 0 Å². The van der Waals surface area contributed by atoms with Crippen LogP contribution in [-0.4, -0.2) is 29.7 Å². The molecule has 0 bridgehead atoms. The molecule has 0 aromatic carbocycles. The van der Waals surface area contributed by atoms with Crippen LogP contribution in [0, 0.1) is 5.92 Å². The van der Waals surface area contributed by atoms with Crippen LogP contribution in [0.1, 0.15) is 6.42 Å². The van der Waals surface area contributed by atoms with Crippen molar-refractivity contribution in [2.45, 2.75) is 12.7 Å². The SMILES string of the molecule is C=CCOC(O)C(CO)CC=C. The van der Waals surface area contributed by atoms with E-state index in [1.165, 1.54) is 0 Å². The number of hydrogen-bond acceptors (Lipinski definition) is 3. The summed E-state index contributed by atoms with van der Waals surface area (Å²) in [7, 11) is 0. The molecule has 2 atom stereocenters. The molecule has 0 aliphatic carbocycles. The van der Waals surface area contributed by atoms with Crippen LogP contribution in [0.15, 0.2) is 25.3 Å². The minimum atomic E-state index is -0.939. The molecular weight excluding hydrogens is 156 g/mol. The molecule has 0 saturated carbocycles. The lowest BCUT2D eigenvalue weighted by atomic mass is 10.1. The molecule has 0 heterocycles. The quantitative estimate of drug-likeness (QED) is 0.439. The van der Waals surface area contributed by atoms with Crippen LogP contribution in [0.3, 0.4) is 0 Å². The van der Waals surface area contributed by atoms with E-state index in [4.69, 9.17) is 9.84 Å². The van der Waals surface area contributed by atoms with E-state index >= 15 is 0 Å². The fourth-order valence-corrected chi connectivity index (χ4v) is 0.798. The van der Waals surface area contributed by atoms with Crippen molar-refractivity contribution in [1.82, 2.24) is 0 Å². The van der Waals surface area contributed by atoms with Gasteiger partial charge in [-0.2, -0.15) is 0 Å². The molecule has 0 rings (SSSR count). The highest BCUT2D eigenvalue weighted by molar-refractivity contribution is 4.75. The topological polar surface area (TPSA) is 49.7 Å². The highest BCUT2D eigenvalue weighted by atomic mass is 16.6. The fourth-order valence-electron chi connectivity index (χ4n) is 0.798. The summed E-state index contributed by atoms with van der Waals surface area (Å²) in [4.78, 5) is 0. The average Bonchev–Trinajstić information content (AvgIpc) is 2.10. The summed E-state index contributed by atoms with van der Waals surface area (Å²) in [6.07, 6.45) is 2.79. The van der Waals surface area contributed by atoms with Gasteiger partial charge in [0.05, 0.1) is 13.2 Å². The highest BCUT2D eigenvalue weighted by Crippen LogP contribution is 2.09. The minimum Gasteiger partial charge on any atom is -0.396 e. The fraction of sp³-hybridized carbons (Fsp3) is 0.556. The van der Waals surface area contributed by atoms with Crippen molar-refractivity contribution < 1.29 is 14.9 Å². The lowest BCUT2D eigenvalue weighted by molar-refractivity contribution is -0.133. The Balaban J connectivity index is 3.74. The first-order valence-electron chi connectivity index (χ1n) is 3.88. The maximum Gasteiger partial charge on any atom is 0.160 e. The van der Waals surface area contributed by atoms with Crippen molar-refractivity contribution in [2.24, 2.45) is 5.92 Å². The van der Waals surface area contributed by atoms with Crippen LogP contribution in [0.2, 0.25) is 0 Å². The molecule has 0 aliphatic heterocycles. The van der Waals surface area contributed by atoms with Gasteiger partial charge >= 0.3 is 0 Å². The van der Waals surface area contributed by atoms with Crippen molar-refractivity contribution in [2.75, 3.05) is 13.2 Å². The zero-order valence-electron chi connectivity index (χ0n) is 7.15. The van der Waals surface area contributed by atoms with Gasteiger partial charge in [0.15, 0.2) is 6.29 Å². The molecule has 0 spiro atoms. The summed E-state index contributed by atoms with van der Waals surface area (Å²) in [6, 6.07) is 0. The van der Waals surface area contributed by atoms with E-state index in [0.717, 1.165) is 0 Å². The maximum absolute atomic E-state index is 9.29. The van der Waals surface area contributed by atoms with E-state index in [9.17, 15) is 5.11 Å². The largest absolute Gasteiger partial charge is 0.396 e. The summed E-state index contributed by atoms with van der Waals surface area (Å²) in [6.45, 7) is 7.14. The van der Waals surface area contributed by atoms with Gasteiger partial charge in [0, 0.05) is 5.92 Å². The molecule has 12 heavy (non-hydrogen) atoms. The zero-order chi connectivity index (χ0) is 9.40. The van der Waals surface area contributed by atoms with Crippen LogP contribution in [0.5, 0.6) is 0 Å². The van der Waals surface area contributed by atoms with Gasteiger partial charge in [-0.3, -0.25) is 0 Å². The smallest absolute Gasteiger partial charge is 0.160 e. The Kier molecular flexibility index (Phi) is 6.66. The first kappa shape index (κ1) is 11.4. The number of ether oxygens (including phenoxy) is 1. The van der Waals surface area contributed by atoms with Gasteiger partial charge in [-0.25, -0.2) is 0 Å². The Labute approximate surface area is 73.0 Å². The van der Waals surface area contributed by atoms with E-state index < -0.39 is 6.29 Å². The van der Waals surface area contributed by atoms with Crippen LogP contribution in [-0.2, 0) is 4.74 Å². The molecular formula is C9H16O3. The van der Waals surface area contributed by atoms with E-state index in [0.29, 0.717) is 6.42 Å². The van der Waals surface area contributed by atoms with E-state index in [1.54, 1.807) is 12.2 Å². The Bertz CT molecular complexity index is 134. The Morgan fingerprint density at radius 2 is 2.00 bits per heavy atom. The predicted molar refractivity (Wildman–Crippen MR) is 47.5 cm³/mol. The summed E-state index contributed by atoms with van der Waals surface area (Å²) < 4.78 is 4.93.